The number of aromatic nitrogens is 2. The second-order valence-corrected chi connectivity index (χ2v) is 4.57. The first-order chi connectivity index (χ1) is 9.07. The lowest BCUT2D eigenvalue weighted by atomic mass is 9.96. The predicted molar refractivity (Wildman–Crippen MR) is 66.4 cm³/mol. The van der Waals surface area contributed by atoms with Gasteiger partial charge in [0.05, 0.1) is 12.7 Å². The van der Waals surface area contributed by atoms with Gasteiger partial charge in [0.25, 0.3) is 5.91 Å². The molecule has 102 valence electrons. The molecule has 0 spiro atoms. The van der Waals surface area contributed by atoms with Gasteiger partial charge in [0, 0.05) is 12.4 Å². The van der Waals surface area contributed by atoms with Crippen LogP contribution in [0.5, 0.6) is 6.01 Å². The van der Waals surface area contributed by atoms with Gasteiger partial charge in [-0.15, -0.1) is 0 Å². The van der Waals surface area contributed by atoms with Crippen molar-refractivity contribution in [1.82, 2.24) is 15.3 Å². The number of carbonyl (C=O) groups is 2. The average Bonchev–Trinajstić information content (AvgIpc) is 2.88. The maximum Gasteiger partial charge on any atom is 0.316 e. The molecule has 0 aliphatic heterocycles. The molecule has 1 aliphatic carbocycles. The zero-order chi connectivity index (χ0) is 13.9. The summed E-state index contributed by atoms with van der Waals surface area (Å²) in [6.45, 7) is 0. The van der Waals surface area contributed by atoms with E-state index < -0.39 is 17.4 Å². The number of nitrogens with zero attached hydrogens (tertiary/aromatic N) is 2. The van der Waals surface area contributed by atoms with Crippen LogP contribution >= 0.6 is 0 Å². The molecule has 0 bridgehead atoms. The van der Waals surface area contributed by atoms with E-state index in [4.69, 9.17) is 10.5 Å². The Morgan fingerprint density at radius 1 is 1.32 bits per heavy atom. The molecule has 7 nitrogen and oxygen atoms in total. The van der Waals surface area contributed by atoms with Gasteiger partial charge in [0.1, 0.15) is 5.54 Å². The van der Waals surface area contributed by atoms with Crippen LogP contribution in [0.2, 0.25) is 0 Å². The van der Waals surface area contributed by atoms with E-state index in [0.717, 1.165) is 12.8 Å². The lowest BCUT2D eigenvalue weighted by Gasteiger charge is -2.26. The molecule has 0 saturated heterocycles. The van der Waals surface area contributed by atoms with Gasteiger partial charge < -0.3 is 15.8 Å². The Morgan fingerprint density at radius 3 is 2.37 bits per heavy atom. The van der Waals surface area contributed by atoms with Crippen LogP contribution in [0.4, 0.5) is 0 Å². The summed E-state index contributed by atoms with van der Waals surface area (Å²) in [5.41, 5.74) is 4.74. The number of hydrogen-bond donors (Lipinski definition) is 2. The van der Waals surface area contributed by atoms with Gasteiger partial charge in [-0.25, -0.2) is 9.97 Å². The normalized spacial score (nSPS) is 16.9. The van der Waals surface area contributed by atoms with E-state index in [1.807, 2.05) is 0 Å². The highest BCUT2D eigenvalue weighted by Crippen LogP contribution is 2.29. The van der Waals surface area contributed by atoms with E-state index in [1.165, 1.54) is 19.5 Å². The molecule has 1 heterocycles. The zero-order valence-corrected chi connectivity index (χ0v) is 10.7. The topological polar surface area (TPSA) is 107 Å². The smallest absolute Gasteiger partial charge is 0.316 e. The van der Waals surface area contributed by atoms with E-state index in [9.17, 15) is 9.59 Å². The maximum atomic E-state index is 12.1. The highest BCUT2D eigenvalue weighted by molar-refractivity contribution is 5.98. The molecule has 2 rings (SSSR count). The minimum atomic E-state index is -0.934. The van der Waals surface area contributed by atoms with Crippen molar-refractivity contribution in [2.75, 3.05) is 7.11 Å². The van der Waals surface area contributed by atoms with Gasteiger partial charge in [-0.1, -0.05) is 12.8 Å². The molecule has 19 heavy (non-hydrogen) atoms. The zero-order valence-electron chi connectivity index (χ0n) is 10.7. The number of methoxy groups -OCH3 is 1. The van der Waals surface area contributed by atoms with Gasteiger partial charge in [-0.05, 0) is 12.8 Å². The molecule has 0 radical (unpaired) electrons. The molecule has 0 aromatic carbocycles. The minimum Gasteiger partial charge on any atom is -0.467 e. The van der Waals surface area contributed by atoms with E-state index in [2.05, 4.69) is 15.3 Å². The van der Waals surface area contributed by atoms with Crippen LogP contribution in [-0.4, -0.2) is 34.4 Å². The van der Waals surface area contributed by atoms with Gasteiger partial charge in [0.2, 0.25) is 5.91 Å². The molecule has 0 atom stereocenters. The van der Waals surface area contributed by atoms with Crippen LogP contribution in [0.15, 0.2) is 12.4 Å². The molecule has 1 saturated carbocycles. The standard InChI is InChI=1S/C12H16N4O3/c1-19-11-14-6-8(7-15-11)9(17)16-12(10(13)18)4-2-3-5-12/h6-7H,2-5H2,1H3,(H2,13,18)(H,16,17). The van der Waals surface area contributed by atoms with Crippen molar-refractivity contribution >= 4 is 11.8 Å². The first kappa shape index (κ1) is 13.3. The molecule has 3 N–H and O–H groups in total. The number of ether oxygens (including phenoxy) is 1. The SMILES string of the molecule is COc1ncc(C(=O)NC2(C(N)=O)CCCC2)cn1. The number of primary amides is 1. The van der Waals surface area contributed by atoms with Crippen molar-refractivity contribution in [2.45, 2.75) is 31.2 Å². The summed E-state index contributed by atoms with van der Waals surface area (Å²) in [5.74, 6) is -0.892. The average molecular weight is 264 g/mol. The second-order valence-electron chi connectivity index (χ2n) is 4.57. The van der Waals surface area contributed by atoms with E-state index >= 15 is 0 Å². The Labute approximate surface area is 110 Å². The molecular formula is C12H16N4O3. The summed E-state index contributed by atoms with van der Waals surface area (Å²) in [6, 6.07) is 0.182. The van der Waals surface area contributed by atoms with Crippen LogP contribution in [0.1, 0.15) is 36.0 Å². The Morgan fingerprint density at radius 2 is 1.89 bits per heavy atom. The Bertz CT molecular complexity index is 480. The third-order valence-electron chi connectivity index (χ3n) is 3.35. The lowest BCUT2D eigenvalue weighted by molar-refractivity contribution is -0.123. The third-order valence-corrected chi connectivity index (χ3v) is 3.35. The third kappa shape index (κ3) is 2.64. The summed E-state index contributed by atoms with van der Waals surface area (Å²) in [6.07, 6.45) is 5.61. The minimum absolute atomic E-state index is 0.182. The molecular weight excluding hydrogens is 248 g/mol. The van der Waals surface area contributed by atoms with Gasteiger partial charge in [-0.3, -0.25) is 9.59 Å². The number of nitrogens with two attached hydrogens (primary N) is 1. The van der Waals surface area contributed by atoms with Crippen molar-refractivity contribution in [1.29, 1.82) is 0 Å². The first-order valence-electron chi connectivity index (χ1n) is 6.06. The number of hydrogen-bond acceptors (Lipinski definition) is 5. The van der Waals surface area contributed by atoms with Crippen LogP contribution in [-0.2, 0) is 4.79 Å². The summed E-state index contributed by atoms with van der Waals surface area (Å²) >= 11 is 0. The Hall–Kier alpha value is -2.18. The van der Waals surface area contributed by atoms with Crippen molar-refractivity contribution in [3.8, 4) is 6.01 Å². The molecule has 2 amide bonds. The number of amides is 2. The first-order valence-corrected chi connectivity index (χ1v) is 6.06. The summed E-state index contributed by atoms with van der Waals surface area (Å²) < 4.78 is 4.81. The summed E-state index contributed by atoms with van der Waals surface area (Å²) in [4.78, 5) is 31.3. The van der Waals surface area contributed by atoms with E-state index in [1.54, 1.807) is 0 Å². The van der Waals surface area contributed by atoms with Gasteiger partial charge in [-0.2, -0.15) is 0 Å². The molecule has 1 aromatic heterocycles. The maximum absolute atomic E-state index is 12.1. The van der Waals surface area contributed by atoms with Crippen molar-refractivity contribution in [3.05, 3.63) is 18.0 Å². The highest BCUT2D eigenvalue weighted by Gasteiger charge is 2.41. The second kappa shape index (κ2) is 5.21. The van der Waals surface area contributed by atoms with Crippen molar-refractivity contribution in [3.63, 3.8) is 0 Å². The molecule has 1 aromatic rings. The fraction of sp³-hybridized carbons (Fsp3) is 0.500. The monoisotopic (exact) mass is 264 g/mol. The van der Waals surface area contributed by atoms with Crippen molar-refractivity contribution < 1.29 is 14.3 Å². The summed E-state index contributed by atoms with van der Waals surface area (Å²) in [7, 11) is 1.44. The summed E-state index contributed by atoms with van der Waals surface area (Å²) in [5, 5.41) is 2.71. The van der Waals surface area contributed by atoms with Crippen LogP contribution < -0.4 is 15.8 Å². The quantitative estimate of drug-likeness (QED) is 0.796. The van der Waals surface area contributed by atoms with Crippen molar-refractivity contribution in [2.24, 2.45) is 5.73 Å². The van der Waals surface area contributed by atoms with Gasteiger partial charge in [0.15, 0.2) is 0 Å². The number of nitrogens with one attached hydrogen (secondary N) is 1. The number of rotatable bonds is 4. The number of carbonyl (C=O) groups excluding carboxylic acids is 2. The molecule has 1 aliphatic rings. The van der Waals surface area contributed by atoms with Crippen LogP contribution in [0, 0.1) is 0 Å². The van der Waals surface area contributed by atoms with Crippen LogP contribution in [0.3, 0.4) is 0 Å². The van der Waals surface area contributed by atoms with Crippen LogP contribution in [0.25, 0.3) is 0 Å². The highest BCUT2D eigenvalue weighted by atomic mass is 16.5. The van der Waals surface area contributed by atoms with E-state index in [-0.39, 0.29) is 11.6 Å². The molecule has 1 fully saturated rings. The predicted octanol–water partition coefficient (Wildman–Crippen LogP) is 0.0131. The van der Waals surface area contributed by atoms with Gasteiger partial charge >= 0.3 is 6.01 Å². The van der Waals surface area contributed by atoms with E-state index in [0.29, 0.717) is 12.8 Å². The lowest BCUT2D eigenvalue weighted by Crippen LogP contribution is -2.55. The fourth-order valence-electron chi connectivity index (χ4n) is 2.24. The largest absolute Gasteiger partial charge is 0.467 e. The Kier molecular flexibility index (Phi) is 3.64. The molecule has 7 heteroatoms. The molecule has 0 unspecified atom stereocenters. The Balaban J connectivity index is 2.13. The fourth-order valence-corrected chi connectivity index (χ4v) is 2.24.